The molecule has 2 N–H and O–H groups in total. The molecule has 0 radical (unpaired) electrons. The third kappa shape index (κ3) is 7.57. The number of rotatable bonds is 7. The van der Waals surface area contributed by atoms with Gasteiger partial charge in [-0.1, -0.05) is 0 Å². The molecule has 1 fully saturated rings. The summed E-state index contributed by atoms with van der Waals surface area (Å²) in [5.41, 5.74) is 3.44. The lowest BCUT2D eigenvalue weighted by Gasteiger charge is -2.35. The Morgan fingerprint density at radius 3 is 2.44 bits per heavy atom. The van der Waals surface area contributed by atoms with E-state index in [0.717, 1.165) is 50.8 Å². The highest BCUT2D eigenvalue weighted by Crippen LogP contribution is 2.13. The van der Waals surface area contributed by atoms with Crippen molar-refractivity contribution in [2.24, 2.45) is 12.0 Å². The van der Waals surface area contributed by atoms with E-state index in [9.17, 15) is 0 Å². The van der Waals surface area contributed by atoms with Crippen LogP contribution in [0.3, 0.4) is 0 Å². The Kier molecular flexibility index (Phi) is 10.6. The molecule has 0 spiro atoms. The van der Waals surface area contributed by atoms with Crippen LogP contribution >= 0.6 is 24.0 Å². The Bertz CT molecular complexity index is 593. The summed E-state index contributed by atoms with van der Waals surface area (Å²) in [5, 5.41) is 11.2. The fraction of sp³-hybridized carbons (Fsp3) is 0.789. The van der Waals surface area contributed by atoms with Gasteiger partial charge in [0.1, 0.15) is 0 Å². The van der Waals surface area contributed by atoms with Gasteiger partial charge in [-0.25, -0.2) is 4.99 Å². The molecule has 0 amide bonds. The minimum absolute atomic E-state index is 0. The summed E-state index contributed by atoms with van der Waals surface area (Å²) in [5.74, 6) is 0.874. The summed E-state index contributed by atoms with van der Waals surface area (Å²) in [6.45, 7) is 16.1. The maximum absolute atomic E-state index is 5.79. The van der Waals surface area contributed by atoms with Crippen LogP contribution in [0, 0.1) is 13.8 Å². The van der Waals surface area contributed by atoms with E-state index in [-0.39, 0.29) is 24.0 Å². The second kappa shape index (κ2) is 11.9. The van der Waals surface area contributed by atoms with E-state index in [1.54, 1.807) is 0 Å². The van der Waals surface area contributed by atoms with Crippen molar-refractivity contribution in [3.63, 3.8) is 0 Å². The standard InChI is InChI=1S/C19H36N6O.HI/c1-7-20-19(22-11-18-16(4)23-24(6)17(18)5)21-9-8-10-25-12-14(2)26-15(3)13-25;/h14-15H,7-13H2,1-6H3,(H2,20,21,22);1H. The Hall–Kier alpha value is -0.870. The van der Waals surface area contributed by atoms with Crippen LogP contribution in [0.1, 0.15) is 44.1 Å². The van der Waals surface area contributed by atoms with Gasteiger partial charge in [0, 0.05) is 51.0 Å². The minimum atomic E-state index is 0. The van der Waals surface area contributed by atoms with Gasteiger partial charge in [0.15, 0.2) is 5.96 Å². The third-order valence-corrected chi connectivity index (χ3v) is 4.84. The van der Waals surface area contributed by atoms with Crippen LogP contribution in [0.25, 0.3) is 0 Å². The molecule has 27 heavy (non-hydrogen) atoms. The van der Waals surface area contributed by atoms with Crippen LogP contribution in [0.4, 0.5) is 0 Å². The maximum atomic E-state index is 5.79. The van der Waals surface area contributed by atoms with Gasteiger partial charge >= 0.3 is 0 Å². The number of aryl methyl sites for hydroxylation is 2. The first kappa shape index (κ1) is 24.2. The predicted molar refractivity (Wildman–Crippen MR) is 122 cm³/mol. The van der Waals surface area contributed by atoms with E-state index in [0.29, 0.717) is 18.8 Å². The average molecular weight is 492 g/mol. The van der Waals surface area contributed by atoms with Gasteiger partial charge in [0.05, 0.1) is 24.4 Å². The summed E-state index contributed by atoms with van der Waals surface area (Å²) in [6, 6.07) is 0. The molecule has 1 aliphatic heterocycles. The molecule has 7 nitrogen and oxygen atoms in total. The molecule has 1 aliphatic rings. The fourth-order valence-corrected chi connectivity index (χ4v) is 3.52. The van der Waals surface area contributed by atoms with Gasteiger partial charge in [0.25, 0.3) is 0 Å². The van der Waals surface area contributed by atoms with Crippen molar-refractivity contribution in [2.45, 2.75) is 59.8 Å². The summed E-state index contributed by atoms with van der Waals surface area (Å²) in [6.07, 6.45) is 1.75. The average Bonchev–Trinajstić information content (AvgIpc) is 2.81. The zero-order chi connectivity index (χ0) is 19.1. The van der Waals surface area contributed by atoms with Crippen molar-refractivity contribution in [3.05, 3.63) is 17.0 Å². The predicted octanol–water partition coefficient (Wildman–Crippen LogP) is 2.21. The zero-order valence-corrected chi connectivity index (χ0v) is 20.0. The Morgan fingerprint density at radius 1 is 1.22 bits per heavy atom. The number of guanidine groups is 1. The number of ether oxygens (including phenoxy) is 1. The van der Waals surface area contributed by atoms with E-state index in [1.165, 1.54) is 11.3 Å². The van der Waals surface area contributed by atoms with Crippen LogP contribution in [0.15, 0.2) is 4.99 Å². The summed E-state index contributed by atoms with van der Waals surface area (Å²) < 4.78 is 7.72. The van der Waals surface area contributed by atoms with Crippen molar-refractivity contribution < 1.29 is 4.74 Å². The highest BCUT2D eigenvalue weighted by atomic mass is 127. The number of nitrogens with zero attached hydrogens (tertiary/aromatic N) is 4. The summed E-state index contributed by atoms with van der Waals surface area (Å²) in [4.78, 5) is 7.23. The molecule has 0 bridgehead atoms. The molecule has 2 rings (SSSR count). The zero-order valence-electron chi connectivity index (χ0n) is 17.7. The van der Waals surface area contributed by atoms with Gasteiger partial charge in [0.2, 0.25) is 0 Å². The highest BCUT2D eigenvalue weighted by Gasteiger charge is 2.21. The number of aliphatic imine (C=N–C) groups is 1. The largest absolute Gasteiger partial charge is 0.373 e. The lowest BCUT2D eigenvalue weighted by Crippen LogP contribution is -2.46. The molecule has 1 aromatic rings. The van der Waals surface area contributed by atoms with Gasteiger partial charge in [-0.3, -0.25) is 9.58 Å². The maximum Gasteiger partial charge on any atom is 0.191 e. The quantitative estimate of drug-likeness (QED) is 0.265. The van der Waals surface area contributed by atoms with E-state index in [2.05, 4.69) is 48.3 Å². The molecule has 2 heterocycles. The molecule has 8 heteroatoms. The number of morpholine rings is 1. The molecule has 0 aromatic carbocycles. The number of halogens is 1. The summed E-state index contributed by atoms with van der Waals surface area (Å²) in [7, 11) is 1.98. The third-order valence-electron chi connectivity index (χ3n) is 4.84. The topological polar surface area (TPSA) is 66.7 Å². The smallest absolute Gasteiger partial charge is 0.191 e. The van der Waals surface area contributed by atoms with Crippen molar-refractivity contribution in [2.75, 3.05) is 32.7 Å². The summed E-state index contributed by atoms with van der Waals surface area (Å²) >= 11 is 0. The molecular weight excluding hydrogens is 455 g/mol. The number of aromatic nitrogens is 2. The van der Waals surface area contributed by atoms with E-state index in [4.69, 9.17) is 9.73 Å². The lowest BCUT2D eigenvalue weighted by molar-refractivity contribution is -0.0679. The molecule has 0 aliphatic carbocycles. The molecule has 2 unspecified atom stereocenters. The Labute approximate surface area is 181 Å². The second-order valence-corrected chi connectivity index (χ2v) is 7.27. The molecule has 0 saturated carbocycles. The SMILES string of the molecule is CCNC(=NCc1c(C)nn(C)c1C)NCCCN1CC(C)OC(C)C1.I. The lowest BCUT2D eigenvalue weighted by atomic mass is 10.2. The van der Waals surface area contributed by atoms with Crippen molar-refractivity contribution in [1.29, 1.82) is 0 Å². The van der Waals surface area contributed by atoms with Crippen molar-refractivity contribution in [1.82, 2.24) is 25.3 Å². The van der Waals surface area contributed by atoms with Crippen LogP contribution in [0.2, 0.25) is 0 Å². The van der Waals surface area contributed by atoms with Gasteiger partial charge in [-0.2, -0.15) is 5.10 Å². The number of nitrogens with one attached hydrogen (secondary N) is 2. The van der Waals surface area contributed by atoms with Crippen molar-refractivity contribution >= 4 is 29.9 Å². The van der Waals surface area contributed by atoms with Gasteiger partial charge in [-0.05, 0) is 41.0 Å². The Balaban J connectivity index is 0.00000364. The molecule has 1 saturated heterocycles. The van der Waals surface area contributed by atoms with E-state index >= 15 is 0 Å². The minimum Gasteiger partial charge on any atom is -0.373 e. The number of hydrogen-bond donors (Lipinski definition) is 2. The van der Waals surface area contributed by atoms with E-state index in [1.807, 2.05) is 18.7 Å². The first-order valence-electron chi connectivity index (χ1n) is 9.79. The van der Waals surface area contributed by atoms with E-state index < -0.39 is 0 Å². The monoisotopic (exact) mass is 492 g/mol. The second-order valence-electron chi connectivity index (χ2n) is 7.27. The van der Waals surface area contributed by atoms with Crippen LogP contribution in [-0.2, 0) is 18.3 Å². The van der Waals surface area contributed by atoms with Gasteiger partial charge in [-0.15, -0.1) is 24.0 Å². The molecule has 1 aromatic heterocycles. The van der Waals surface area contributed by atoms with Gasteiger partial charge < -0.3 is 15.4 Å². The molecule has 2 atom stereocenters. The Morgan fingerprint density at radius 2 is 1.89 bits per heavy atom. The first-order valence-corrected chi connectivity index (χ1v) is 9.79. The van der Waals surface area contributed by atoms with Crippen LogP contribution in [0.5, 0.6) is 0 Å². The normalized spacial score (nSPS) is 21.0. The van der Waals surface area contributed by atoms with Crippen molar-refractivity contribution in [3.8, 4) is 0 Å². The van der Waals surface area contributed by atoms with Crippen LogP contribution < -0.4 is 10.6 Å². The first-order chi connectivity index (χ1) is 12.4. The molecular formula is C19H37IN6O. The fourth-order valence-electron chi connectivity index (χ4n) is 3.52. The van der Waals surface area contributed by atoms with Crippen LogP contribution in [-0.4, -0.2) is 65.6 Å². The highest BCUT2D eigenvalue weighted by molar-refractivity contribution is 14.0. The molecule has 156 valence electrons. The number of hydrogen-bond acceptors (Lipinski definition) is 4.